The van der Waals surface area contributed by atoms with Gasteiger partial charge in [-0.25, -0.2) is 0 Å². The molecule has 0 radical (unpaired) electrons. The van der Waals surface area contributed by atoms with E-state index in [0.29, 0.717) is 0 Å². The number of allylic oxidation sites excluding steroid dienone is 1. The average Bonchev–Trinajstić information content (AvgIpc) is 2.68. The van der Waals surface area contributed by atoms with Crippen LogP contribution in [0.2, 0.25) is 5.02 Å². The van der Waals surface area contributed by atoms with Gasteiger partial charge in [0.05, 0.1) is 0 Å². The Morgan fingerprint density at radius 3 is 2.23 bits per heavy atom. The smallest absolute Gasteiger partial charge is 0.0406 e. The molecular weight excluding hydrogens is 338 g/mol. The maximum absolute atomic E-state index is 6.03. The zero-order valence-electron chi connectivity index (χ0n) is 15.3. The monoisotopic (exact) mass is 363 g/mol. The number of halogens is 1. The van der Waals surface area contributed by atoms with Crippen molar-refractivity contribution in [3.63, 3.8) is 0 Å². The number of hydrogen-bond acceptors (Lipinski definition) is 1. The first kappa shape index (κ1) is 18.7. The van der Waals surface area contributed by atoms with Crippen LogP contribution in [-0.4, -0.2) is 24.5 Å². The van der Waals surface area contributed by atoms with Crippen molar-refractivity contribution in [3.8, 4) is 0 Å². The summed E-state index contributed by atoms with van der Waals surface area (Å²) in [6.07, 6.45) is 6.09. The molecule has 0 aromatic heterocycles. The van der Waals surface area contributed by atoms with Gasteiger partial charge < -0.3 is 0 Å². The Morgan fingerprint density at radius 2 is 1.58 bits per heavy atom. The first-order valence-electron chi connectivity index (χ1n) is 9.26. The van der Waals surface area contributed by atoms with Gasteiger partial charge in [-0.2, -0.15) is 0 Å². The Morgan fingerprint density at radius 1 is 0.923 bits per heavy atom. The van der Waals surface area contributed by atoms with Crippen LogP contribution in [0.25, 0.3) is 11.6 Å². The third kappa shape index (κ3) is 4.97. The van der Waals surface area contributed by atoms with Crippen LogP contribution in [0, 0.1) is 0 Å². The third-order valence-corrected chi connectivity index (χ3v) is 5.13. The molecule has 0 unspecified atom stereocenters. The lowest BCUT2D eigenvalue weighted by Crippen LogP contribution is -2.31. The standard InChI is InChI=1S/C24H26ClN/c1-19(18-26-15-7-4-8-16-26)20(2)24(22-9-5-3-6-10-22)17-21-11-13-23(25)14-12-21/h3,5-6,9-14,17H,1-2,4,7-8,15-16,18H2/b24-17-. The fourth-order valence-electron chi connectivity index (χ4n) is 3.36. The van der Waals surface area contributed by atoms with Crippen LogP contribution >= 0.6 is 11.6 Å². The molecule has 134 valence electrons. The number of piperidine rings is 1. The van der Waals surface area contributed by atoms with Crippen LogP contribution in [0.5, 0.6) is 0 Å². The second kappa shape index (κ2) is 9.02. The molecule has 1 aliphatic rings. The van der Waals surface area contributed by atoms with E-state index >= 15 is 0 Å². The molecule has 1 aliphatic heterocycles. The molecule has 2 heteroatoms. The van der Waals surface area contributed by atoms with Gasteiger partial charge in [0.1, 0.15) is 0 Å². The summed E-state index contributed by atoms with van der Waals surface area (Å²) in [5, 5.41) is 0.747. The van der Waals surface area contributed by atoms with Crippen molar-refractivity contribution in [1.82, 2.24) is 4.90 Å². The van der Waals surface area contributed by atoms with E-state index in [9.17, 15) is 0 Å². The van der Waals surface area contributed by atoms with Gasteiger partial charge in [-0.3, -0.25) is 4.90 Å². The number of benzene rings is 2. The van der Waals surface area contributed by atoms with Crippen molar-refractivity contribution in [2.75, 3.05) is 19.6 Å². The molecule has 0 spiro atoms. The lowest BCUT2D eigenvalue weighted by Gasteiger charge is -2.28. The predicted octanol–water partition coefficient (Wildman–Crippen LogP) is 6.48. The fourth-order valence-corrected chi connectivity index (χ4v) is 3.49. The van der Waals surface area contributed by atoms with Crippen molar-refractivity contribution in [1.29, 1.82) is 0 Å². The van der Waals surface area contributed by atoms with E-state index in [2.05, 4.69) is 48.4 Å². The molecule has 2 aromatic rings. The normalized spacial score (nSPS) is 15.7. The van der Waals surface area contributed by atoms with E-state index in [1.165, 1.54) is 19.3 Å². The van der Waals surface area contributed by atoms with Crippen molar-refractivity contribution < 1.29 is 0 Å². The Balaban J connectivity index is 1.86. The van der Waals surface area contributed by atoms with Crippen LogP contribution in [0.15, 0.2) is 78.9 Å². The molecule has 1 heterocycles. The SMILES string of the molecule is C=C(CN1CCCCC1)C(=C)/C(=C/c1ccc(Cl)cc1)c1ccccc1. The summed E-state index contributed by atoms with van der Waals surface area (Å²) in [6.45, 7) is 12.0. The maximum Gasteiger partial charge on any atom is 0.0406 e. The summed E-state index contributed by atoms with van der Waals surface area (Å²) in [6, 6.07) is 18.3. The third-order valence-electron chi connectivity index (χ3n) is 4.88. The quantitative estimate of drug-likeness (QED) is 0.419. The van der Waals surface area contributed by atoms with E-state index in [1.807, 2.05) is 30.3 Å². The first-order chi connectivity index (χ1) is 12.6. The van der Waals surface area contributed by atoms with E-state index in [4.69, 9.17) is 11.6 Å². The molecule has 1 nitrogen and oxygen atoms in total. The van der Waals surface area contributed by atoms with Crippen molar-refractivity contribution in [2.45, 2.75) is 19.3 Å². The summed E-state index contributed by atoms with van der Waals surface area (Å²) in [7, 11) is 0. The highest BCUT2D eigenvalue weighted by molar-refractivity contribution is 6.30. The van der Waals surface area contributed by atoms with Gasteiger partial charge in [-0.1, -0.05) is 73.6 Å². The highest BCUT2D eigenvalue weighted by Gasteiger charge is 2.15. The summed E-state index contributed by atoms with van der Waals surface area (Å²) in [4.78, 5) is 2.49. The summed E-state index contributed by atoms with van der Waals surface area (Å²) < 4.78 is 0. The van der Waals surface area contributed by atoms with Crippen LogP contribution < -0.4 is 0 Å². The Hall–Kier alpha value is -2.09. The number of hydrogen-bond donors (Lipinski definition) is 0. The summed E-state index contributed by atoms with van der Waals surface area (Å²) in [5.74, 6) is 0. The van der Waals surface area contributed by atoms with Crippen LogP contribution in [-0.2, 0) is 0 Å². The van der Waals surface area contributed by atoms with E-state index in [1.54, 1.807) is 0 Å². The van der Waals surface area contributed by atoms with Gasteiger partial charge in [0.15, 0.2) is 0 Å². The topological polar surface area (TPSA) is 3.24 Å². The molecule has 0 amide bonds. The Kier molecular flexibility index (Phi) is 6.49. The zero-order valence-corrected chi connectivity index (χ0v) is 16.0. The van der Waals surface area contributed by atoms with Crippen LogP contribution in [0.1, 0.15) is 30.4 Å². The molecule has 0 atom stereocenters. The molecule has 0 saturated carbocycles. The highest BCUT2D eigenvalue weighted by atomic mass is 35.5. The number of rotatable bonds is 6. The highest BCUT2D eigenvalue weighted by Crippen LogP contribution is 2.30. The molecule has 26 heavy (non-hydrogen) atoms. The number of nitrogens with zero attached hydrogens (tertiary/aromatic N) is 1. The molecule has 0 bridgehead atoms. The van der Waals surface area contributed by atoms with Crippen LogP contribution in [0.4, 0.5) is 0 Å². The maximum atomic E-state index is 6.03. The van der Waals surface area contributed by atoms with E-state index in [0.717, 1.165) is 52.5 Å². The summed E-state index contributed by atoms with van der Waals surface area (Å²) in [5.41, 5.74) is 5.50. The van der Waals surface area contributed by atoms with Gasteiger partial charge in [-0.15, -0.1) is 0 Å². The minimum absolute atomic E-state index is 0.747. The minimum Gasteiger partial charge on any atom is -0.299 e. The molecule has 1 fully saturated rings. The lowest BCUT2D eigenvalue weighted by atomic mass is 9.92. The van der Waals surface area contributed by atoms with Crippen LogP contribution in [0.3, 0.4) is 0 Å². The molecule has 1 saturated heterocycles. The van der Waals surface area contributed by atoms with Gasteiger partial charge in [0, 0.05) is 11.6 Å². The fraction of sp³-hybridized carbons (Fsp3) is 0.250. The van der Waals surface area contributed by atoms with Gasteiger partial charge in [0.2, 0.25) is 0 Å². The van der Waals surface area contributed by atoms with Crippen molar-refractivity contribution >= 4 is 23.3 Å². The predicted molar refractivity (Wildman–Crippen MR) is 114 cm³/mol. The molecule has 0 aliphatic carbocycles. The Bertz CT molecular complexity index is 781. The molecular formula is C24H26ClN. The van der Waals surface area contributed by atoms with Gasteiger partial charge in [-0.05, 0) is 72.0 Å². The van der Waals surface area contributed by atoms with Crippen molar-refractivity contribution in [3.05, 3.63) is 95.1 Å². The minimum atomic E-state index is 0.747. The number of likely N-dealkylation sites (tertiary alicyclic amines) is 1. The molecule has 0 N–H and O–H groups in total. The second-order valence-corrected chi connectivity index (χ2v) is 7.33. The second-order valence-electron chi connectivity index (χ2n) is 6.89. The van der Waals surface area contributed by atoms with Crippen molar-refractivity contribution in [2.24, 2.45) is 0 Å². The van der Waals surface area contributed by atoms with Gasteiger partial charge >= 0.3 is 0 Å². The summed E-state index contributed by atoms with van der Waals surface area (Å²) >= 11 is 6.03. The molecule has 3 rings (SSSR count). The zero-order chi connectivity index (χ0) is 18.4. The van der Waals surface area contributed by atoms with E-state index < -0.39 is 0 Å². The Labute approximate surface area is 162 Å². The van der Waals surface area contributed by atoms with E-state index in [-0.39, 0.29) is 0 Å². The largest absolute Gasteiger partial charge is 0.299 e. The average molecular weight is 364 g/mol. The molecule has 2 aromatic carbocycles. The lowest BCUT2D eigenvalue weighted by molar-refractivity contribution is 0.248. The first-order valence-corrected chi connectivity index (χ1v) is 9.64. The van der Waals surface area contributed by atoms with Gasteiger partial charge in [0.25, 0.3) is 0 Å².